The standard InChI is InChI=1S/C23H29NO4/c25-12-5-13-26-20-8-3-6-18(14-20)19-7-4-11-24(15-19)16-21-17-27-22-9-1-2-10-23(22)28-21/h1-3,6,8-10,14,19,21,25H,4-5,7,11-13,15-17H2. The number of aliphatic hydroxyl groups is 1. The quantitative estimate of drug-likeness (QED) is 0.742. The van der Waals surface area contributed by atoms with Crippen LogP contribution in [0.4, 0.5) is 0 Å². The number of piperidine rings is 1. The lowest BCUT2D eigenvalue weighted by atomic mass is 9.90. The van der Waals surface area contributed by atoms with Gasteiger partial charge in [0.05, 0.1) is 6.61 Å². The van der Waals surface area contributed by atoms with Crippen LogP contribution in [0.3, 0.4) is 0 Å². The molecule has 2 unspecified atom stereocenters. The van der Waals surface area contributed by atoms with E-state index in [1.807, 2.05) is 30.3 Å². The van der Waals surface area contributed by atoms with E-state index in [1.165, 1.54) is 18.4 Å². The van der Waals surface area contributed by atoms with Gasteiger partial charge in [0.15, 0.2) is 11.5 Å². The van der Waals surface area contributed by atoms with Gasteiger partial charge in [-0.3, -0.25) is 4.90 Å². The van der Waals surface area contributed by atoms with Crippen molar-refractivity contribution in [2.45, 2.75) is 31.3 Å². The number of nitrogens with zero attached hydrogens (tertiary/aromatic N) is 1. The van der Waals surface area contributed by atoms with E-state index in [4.69, 9.17) is 19.3 Å². The van der Waals surface area contributed by atoms with E-state index in [0.29, 0.717) is 25.6 Å². The van der Waals surface area contributed by atoms with Crippen LogP contribution < -0.4 is 14.2 Å². The van der Waals surface area contributed by atoms with E-state index in [0.717, 1.165) is 36.9 Å². The zero-order valence-corrected chi connectivity index (χ0v) is 16.3. The molecule has 2 heterocycles. The van der Waals surface area contributed by atoms with Gasteiger partial charge in [-0.1, -0.05) is 24.3 Å². The highest BCUT2D eigenvalue weighted by molar-refractivity contribution is 5.40. The summed E-state index contributed by atoms with van der Waals surface area (Å²) in [5, 5.41) is 8.92. The van der Waals surface area contributed by atoms with Crippen molar-refractivity contribution in [2.75, 3.05) is 39.5 Å². The fourth-order valence-electron chi connectivity index (χ4n) is 4.05. The molecular formula is C23H29NO4. The van der Waals surface area contributed by atoms with Crippen molar-refractivity contribution in [1.29, 1.82) is 0 Å². The predicted molar refractivity (Wildman–Crippen MR) is 108 cm³/mol. The normalized spacial score (nSPS) is 22.0. The first-order valence-corrected chi connectivity index (χ1v) is 10.3. The van der Waals surface area contributed by atoms with Crippen LogP contribution in [0.1, 0.15) is 30.7 Å². The SMILES string of the molecule is OCCCOc1cccc(C2CCCN(CC3COc4ccccc4O3)C2)c1. The fraction of sp³-hybridized carbons (Fsp3) is 0.478. The van der Waals surface area contributed by atoms with Crippen molar-refractivity contribution in [3.05, 3.63) is 54.1 Å². The van der Waals surface area contributed by atoms with Crippen LogP contribution in [0.25, 0.3) is 0 Å². The second kappa shape index (κ2) is 9.30. The van der Waals surface area contributed by atoms with Gasteiger partial charge in [-0.05, 0) is 55.1 Å². The molecule has 0 aliphatic carbocycles. The fourth-order valence-corrected chi connectivity index (χ4v) is 4.05. The van der Waals surface area contributed by atoms with Crippen molar-refractivity contribution in [2.24, 2.45) is 0 Å². The third kappa shape index (κ3) is 4.78. The van der Waals surface area contributed by atoms with Crippen LogP contribution >= 0.6 is 0 Å². The van der Waals surface area contributed by atoms with Crippen LogP contribution in [-0.4, -0.2) is 55.6 Å². The molecule has 5 heteroatoms. The Balaban J connectivity index is 1.34. The van der Waals surface area contributed by atoms with Crippen LogP contribution in [-0.2, 0) is 0 Å². The minimum Gasteiger partial charge on any atom is -0.493 e. The van der Waals surface area contributed by atoms with Crippen molar-refractivity contribution in [1.82, 2.24) is 4.90 Å². The highest BCUT2D eigenvalue weighted by Gasteiger charge is 2.27. The smallest absolute Gasteiger partial charge is 0.161 e. The maximum absolute atomic E-state index is 8.92. The molecule has 0 amide bonds. The molecule has 1 saturated heterocycles. The van der Waals surface area contributed by atoms with Gasteiger partial charge in [0.1, 0.15) is 18.5 Å². The van der Waals surface area contributed by atoms with Crippen molar-refractivity contribution >= 4 is 0 Å². The molecule has 1 N–H and O–H groups in total. The molecule has 2 atom stereocenters. The summed E-state index contributed by atoms with van der Waals surface area (Å²) in [5.74, 6) is 3.09. The predicted octanol–water partition coefficient (Wildman–Crippen LogP) is 3.47. The van der Waals surface area contributed by atoms with Crippen LogP contribution in [0.15, 0.2) is 48.5 Å². The Bertz CT molecular complexity index is 766. The second-order valence-corrected chi connectivity index (χ2v) is 7.59. The summed E-state index contributed by atoms with van der Waals surface area (Å²) in [4.78, 5) is 2.50. The summed E-state index contributed by atoms with van der Waals surface area (Å²) >= 11 is 0. The van der Waals surface area contributed by atoms with Gasteiger partial charge in [0.2, 0.25) is 0 Å². The van der Waals surface area contributed by atoms with Gasteiger partial charge < -0.3 is 19.3 Å². The Morgan fingerprint density at radius 1 is 1.11 bits per heavy atom. The summed E-state index contributed by atoms with van der Waals surface area (Å²) in [6.45, 7) is 4.34. The summed E-state index contributed by atoms with van der Waals surface area (Å²) in [5.41, 5.74) is 1.33. The number of fused-ring (bicyclic) bond motifs is 1. The number of aliphatic hydroxyl groups excluding tert-OH is 1. The summed E-state index contributed by atoms with van der Waals surface area (Å²) in [6.07, 6.45) is 3.11. The maximum Gasteiger partial charge on any atom is 0.161 e. The van der Waals surface area contributed by atoms with Crippen LogP contribution in [0.2, 0.25) is 0 Å². The highest BCUT2D eigenvalue weighted by atomic mass is 16.6. The van der Waals surface area contributed by atoms with Crippen molar-refractivity contribution in [3.63, 3.8) is 0 Å². The molecule has 150 valence electrons. The third-order valence-corrected chi connectivity index (χ3v) is 5.44. The molecule has 0 aromatic heterocycles. The van der Waals surface area contributed by atoms with Gasteiger partial charge in [-0.15, -0.1) is 0 Å². The number of para-hydroxylation sites is 2. The van der Waals surface area contributed by atoms with E-state index < -0.39 is 0 Å². The zero-order chi connectivity index (χ0) is 19.2. The lowest BCUT2D eigenvalue weighted by Crippen LogP contribution is -2.44. The molecule has 2 aromatic carbocycles. The number of hydrogen-bond acceptors (Lipinski definition) is 5. The molecule has 0 saturated carbocycles. The average Bonchev–Trinajstić information content (AvgIpc) is 2.74. The molecule has 0 radical (unpaired) electrons. The number of ether oxygens (including phenoxy) is 3. The lowest BCUT2D eigenvalue weighted by Gasteiger charge is -2.36. The molecule has 2 aliphatic heterocycles. The molecule has 4 rings (SSSR count). The first kappa shape index (κ1) is 19.1. The molecule has 0 spiro atoms. The minimum atomic E-state index is 0.0711. The Morgan fingerprint density at radius 3 is 2.89 bits per heavy atom. The van der Waals surface area contributed by atoms with E-state index in [-0.39, 0.29) is 12.7 Å². The van der Waals surface area contributed by atoms with Gasteiger partial charge >= 0.3 is 0 Å². The summed E-state index contributed by atoms with van der Waals surface area (Å²) < 4.78 is 17.8. The minimum absolute atomic E-state index is 0.0711. The Kier molecular flexibility index (Phi) is 6.34. The van der Waals surface area contributed by atoms with E-state index in [1.54, 1.807) is 0 Å². The van der Waals surface area contributed by atoms with Gasteiger partial charge in [0, 0.05) is 26.1 Å². The van der Waals surface area contributed by atoms with E-state index in [9.17, 15) is 0 Å². The summed E-state index contributed by atoms with van der Waals surface area (Å²) in [7, 11) is 0. The number of likely N-dealkylation sites (tertiary alicyclic amines) is 1. The van der Waals surface area contributed by atoms with Gasteiger partial charge in [0.25, 0.3) is 0 Å². The van der Waals surface area contributed by atoms with Gasteiger partial charge in [-0.25, -0.2) is 0 Å². The third-order valence-electron chi connectivity index (χ3n) is 5.44. The zero-order valence-electron chi connectivity index (χ0n) is 16.3. The molecule has 1 fully saturated rings. The molecule has 0 bridgehead atoms. The van der Waals surface area contributed by atoms with Gasteiger partial charge in [-0.2, -0.15) is 0 Å². The lowest BCUT2D eigenvalue weighted by molar-refractivity contribution is 0.0504. The molecular weight excluding hydrogens is 354 g/mol. The highest BCUT2D eigenvalue weighted by Crippen LogP contribution is 2.33. The number of hydrogen-bond donors (Lipinski definition) is 1. The maximum atomic E-state index is 8.92. The van der Waals surface area contributed by atoms with Crippen molar-refractivity contribution < 1.29 is 19.3 Å². The Morgan fingerprint density at radius 2 is 2.00 bits per heavy atom. The van der Waals surface area contributed by atoms with E-state index >= 15 is 0 Å². The average molecular weight is 383 g/mol. The van der Waals surface area contributed by atoms with Crippen molar-refractivity contribution in [3.8, 4) is 17.2 Å². The van der Waals surface area contributed by atoms with E-state index in [2.05, 4.69) is 23.1 Å². The Labute approximate surface area is 166 Å². The first-order valence-electron chi connectivity index (χ1n) is 10.3. The monoisotopic (exact) mass is 383 g/mol. The number of rotatable bonds is 7. The second-order valence-electron chi connectivity index (χ2n) is 7.59. The molecule has 28 heavy (non-hydrogen) atoms. The molecule has 2 aromatic rings. The van der Waals surface area contributed by atoms with Crippen LogP contribution in [0.5, 0.6) is 17.2 Å². The Hall–Kier alpha value is -2.24. The summed E-state index contributed by atoms with van der Waals surface area (Å²) in [6, 6.07) is 16.3. The first-order chi connectivity index (χ1) is 13.8. The molecule has 2 aliphatic rings. The largest absolute Gasteiger partial charge is 0.493 e. The topological polar surface area (TPSA) is 51.2 Å². The number of benzene rings is 2. The molecule has 5 nitrogen and oxygen atoms in total. The van der Waals surface area contributed by atoms with Crippen LogP contribution in [0, 0.1) is 0 Å².